The lowest BCUT2D eigenvalue weighted by molar-refractivity contribution is -0.105. The summed E-state index contributed by atoms with van der Waals surface area (Å²) in [5.74, 6) is 0.850. The van der Waals surface area contributed by atoms with Crippen molar-refractivity contribution in [2.24, 2.45) is 5.73 Å². The summed E-state index contributed by atoms with van der Waals surface area (Å²) < 4.78 is 11.1. The number of ether oxygens (including phenoxy) is 2. The Morgan fingerprint density at radius 2 is 2.20 bits per heavy atom. The van der Waals surface area contributed by atoms with Crippen molar-refractivity contribution < 1.29 is 14.6 Å². The Morgan fingerprint density at radius 3 is 2.85 bits per heavy atom. The largest absolute Gasteiger partial charge is 0.496 e. The van der Waals surface area contributed by atoms with E-state index in [4.69, 9.17) is 15.2 Å². The molecule has 1 aromatic carbocycles. The molecule has 1 aromatic rings. The molecule has 0 radical (unpaired) electrons. The van der Waals surface area contributed by atoms with Gasteiger partial charge in [0, 0.05) is 25.2 Å². The fourth-order valence-corrected chi connectivity index (χ4v) is 2.85. The molecule has 112 valence electrons. The lowest BCUT2D eigenvalue weighted by atomic mass is 10.0. The zero-order chi connectivity index (χ0) is 14.5. The Hall–Kier alpha value is -1.14. The van der Waals surface area contributed by atoms with Crippen LogP contribution in [0.3, 0.4) is 0 Å². The van der Waals surface area contributed by atoms with E-state index in [9.17, 15) is 5.11 Å². The first-order valence-corrected chi connectivity index (χ1v) is 7.03. The summed E-state index contributed by atoms with van der Waals surface area (Å²) >= 11 is 0. The van der Waals surface area contributed by atoms with Crippen molar-refractivity contribution in [3.63, 3.8) is 0 Å². The summed E-state index contributed by atoms with van der Waals surface area (Å²) in [4.78, 5) is 2.27. The van der Waals surface area contributed by atoms with Crippen LogP contribution >= 0.6 is 0 Å². The number of nitrogens with zero attached hydrogens (tertiary/aromatic N) is 1. The molecule has 3 N–H and O–H groups in total. The van der Waals surface area contributed by atoms with E-state index in [1.165, 1.54) is 0 Å². The maximum atomic E-state index is 9.34. The zero-order valence-corrected chi connectivity index (χ0v) is 12.2. The SMILES string of the molecule is COc1ccccc1C(CN)N1CC(C)OC(CO)C1. The van der Waals surface area contributed by atoms with E-state index < -0.39 is 0 Å². The number of nitrogens with two attached hydrogens (primary N) is 1. The molecule has 0 spiro atoms. The zero-order valence-electron chi connectivity index (χ0n) is 12.2. The number of rotatable bonds is 5. The average Bonchev–Trinajstić information content (AvgIpc) is 2.48. The normalized spacial score (nSPS) is 25.4. The van der Waals surface area contributed by atoms with Gasteiger partial charge in [-0.05, 0) is 13.0 Å². The third-order valence-corrected chi connectivity index (χ3v) is 3.72. The van der Waals surface area contributed by atoms with Crippen LogP contribution in [0.5, 0.6) is 5.75 Å². The number of hydrogen-bond acceptors (Lipinski definition) is 5. The number of para-hydroxylation sites is 1. The maximum absolute atomic E-state index is 9.34. The molecule has 1 saturated heterocycles. The molecule has 0 bridgehead atoms. The molecule has 1 fully saturated rings. The number of hydrogen-bond donors (Lipinski definition) is 2. The van der Waals surface area contributed by atoms with Crippen LogP contribution in [-0.4, -0.2) is 55.6 Å². The second kappa shape index (κ2) is 7.04. The number of aliphatic hydroxyl groups is 1. The van der Waals surface area contributed by atoms with E-state index in [2.05, 4.69) is 4.90 Å². The van der Waals surface area contributed by atoms with Crippen molar-refractivity contribution in [3.05, 3.63) is 29.8 Å². The molecule has 2 rings (SSSR count). The van der Waals surface area contributed by atoms with Gasteiger partial charge in [0.05, 0.1) is 32.0 Å². The molecule has 0 aliphatic carbocycles. The van der Waals surface area contributed by atoms with Gasteiger partial charge in [0.25, 0.3) is 0 Å². The smallest absolute Gasteiger partial charge is 0.123 e. The summed E-state index contributed by atoms with van der Waals surface area (Å²) in [7, 11) is 1.67. The summed E-state index contributed by atoms with van der Waals surface area (Å²) in [6.45, 7) is 4.04. The van der Waals surface area contributed by atoms with Crippen LogP contribution in [0.25, 0.3) is 0 Å². The van der Waals surface area contributed by atoms with Gasteiger partial charge in [-0.15, -0.1) is 0 Å². The van der Waals surface area contributed by atoms with E-state index in [1.807, 2.05) is 31.2 Å². The summed E-state index contributed by atoms with van der Waals surface area (Å²) in [6, 6.07) is 8.02. The van der Waals surface area contributed by atoms with Crippen LogP contribution in [0.4, 0.5) is 0 Å². The summed E-state index contributed by atoms with van der Waals surface area (Å²) in [6.07, 6.45) is -0.0628. The third kappa shape index (κ3) is 3.30. The Morgan fingerprint density at radius 1 is 1.45 bits per heavy atom. The fourth-order valence-electron chi connectivity index (χ4n) is 2.85. The van der Waals surface area contributed by atoms with Gasteiger partial charge in [-0.25, -0.2) is 0 Å². The van der Waals surface area contributed by atoms with Crippen LogP contribution in [0.1, 0.15) is 18.5 Å². The highest BCUT2D eigenvalue weighted by atomic mass is 16.5. The molecular weight excluding hydrogens is 256 g/mol. The molecule has 20 heavy (non-hydrogen) atoms. The second-order valence-corrected chi connectivity index (χ2v) is 5.20. The monoisotopic (exact) mass is 280 g/mol. The molecule has 0 amide bonds. The molecule has 3 unspecified atom stereocenters. The van der Waals surface area contributed by atoms with Crippen molar-refractivity contribution >= 4 is 0 Å². The minimum atomic E-state index is -0.150. The number of methoxy groups -OCH3 is 1. The summed E-state index contributed by atoms with van der Waals surface area (Å²) in [5.41, 5.74) is 7.08. The first kappa shape index (κ1) is 15.3. The molecule has 1 aliphatic rings. The highest BCUT2D eigenvalue weighted by Crippen LogP contribution is 2.30. The van der Waals surface area contributed by atoms with E-state index in [1.54, 1.807) is 7.11 Å². The number of aliphatic hydroxyl groups excluding tert-OH is 1. The second-order valence-electron chi connectivity index (χ2n) is 5.20. The van der Waals surface area contributed by atoms with Crippen molar-refractivity contribution in [2.75, 3.05) is 33.4 Å². The highest BCUT2D eigenvalue weighted by molar-refractivity contribution is 5.36. The van der Waals surface area contributed by atoms with Crippen LogP contribution in [0.2, 0.25) is 0 Å². The van der Waals surface area contributed by atoms with Crippen molar-refractivity contribution in [1.82, 2.24) is 4.90 Å². The van der Waals surface area contributed by atoms with Crippen LogP contribution in [0.15, 0.2) is 24.3 Å². The first-order chi connectivity index (χ1) is 9.69. The molecular formula is C15H24N2O3. The Labute approximate surface area is 120 Å². The first-order valence-electron chi connectivity index (χ1n) is 7.03. The van der Waals surface area contributed by atoms with Gasteiger partial charge in [0.2, 0.25) is 0 Å². The topological polar surface area (TPSA) is 68.0 Å². The van der Waals surface area contributed by atoms with Gasteiger partial charge in [-0.2, -0.15) is 0 Å². The van der Waals surface area contributed by atoms with Gasteiger partial charge in [0.1, 0.15) is 5.75 Å². The predicted molar refractivity (Wildman–Crippen MR) is 77.8 cm³/mol. The molecule has 0 saturated carbocycles. The number of benzene rings is 1. The van der Waals surface area contributed by atoms with Gasteiger partial charge in [-0.3, -0.25) is 4.90 Å². The Bertz CT molecular complexity index is 427. The van der Waals surface area contributed by atoms with E-state index in [-0.39, 0.29) is 24.9 Å². The van der Waals surface area contributed by atoms with Gasteiger partial charge < -0.3 is 20.3 Å². The van der Waals surface area contributed by atoms with E-state index >= 15 is 0 Å². The number of morpholine rings is 1. The van der Waals surface area contributed by atoms with E-state index in [0.29, 0.717) is 13.1 Å². The highest BCUT2D eigenvalue weighted by Gasteiger charge is 2.30. The maximum Gasteiger partial charge on any atom is 0.123 e. The molecule has 5 heteroatoms. The lowest BCUT2D eigenvalue weighted by Crippen LogP contribution is -2.50. The average molecular weight is 280 g/mol. The quantitative estimate of drug-likeness (QED) is 0.834. The lowest BCUT2D eigenvalue weighted by Gasteiger charge is -2.40. The molecule has 1 aliphatic heterocycles. The Kier molecular flexibility index (Phi) is 5.37. The minimum Gasteiger partial charge on any atom is -0.496 e. The molecule has 1 heterocycles. The van der Waals surface area contributed by atoms with Crippen molar-refractivity contribution in [2.45, 2.75) is 25.2 Å². The standard InChI is InChI=1S/C15H24N2O3/c1-11-8-17(9-12(10-18)20-11)14(7-16)13-5-3-4-6-15(13)19-2/h3-6,11-12,14,18H,7-10,16H2,1-2H3. The fraction of sp³-hybridized carbons (Fsp3) is 0.600. The Balaban J connectivity index is 2.22. The van der Waals surface area contributed by atoms with Crippen LogP contribution in [-0.2, 0) is 4.74 Å². The van der Waals surface area contributed by atoms with Gasteiger partial charge >= 0.3 is 0 Å². The van der Waals surface area contributed by atoms with E-state index in [0.717, 1.165) is 17.9 Å². The summed E-state index contributed by atoms with van der Waals surface area (Å²) in [5, 5.41) is 9.34. The molecule has 3 atom stereocenters. The van der Waals surface area contributed by atoms with Crippen LogP contribution in [0, 0.1) is 0 Å². The van der Waals surface area contributed by atoms with Crippen molar-refractivity contribution in [1.29, 1.82) is 0 Å². The van der Waals surface area contributed by atoms with Crippen molar-refractivity contribution in [3.8, 4) is 5.75 Å². The van der Waals surface area contributed by atoms with Gasteiger partial charge in [0.15, 0.2) is 0 Å². The molecule has 5 nitrogen and oxygen atoms in total. The third-order valence-electron chi connectivity index (χ3n) is 3.72. The molecule has 0 aromatic heterocycles. The van der Waals surface area contributed by atoms with Gasteiger partial charge in [-0.1, -0.05) is 18.2 Å². The minimum absolute atomic E-state index is 0.0318. The predicted octanol–water partition coefficient (Wildman–Crippen LogP) is 0.777. The van der Waals surface area contributed by atoms with Crippen LogP contribution < -0.4 is 10.5 Å².